The topological polar surface area (TPSA) is 45.0 Å². The van der Waals surface area contributed by atoms with Crippen LogP contribution in [0.1, 0.15) is 5.56 Å². The van der Waals surface area contributed by atoms with Gasteiger partial charge < -0.3 is 4.74 Å². The monoisotopic (exact) mass is 228 g/mol. The summed E-state index contributed by atoms with van der Waals surface area (Å²) in [6.07, 6.45) is 0. The van der Waals surface area contributed by atoms with Gasteiger partial charge in [0.15, 0.2) is 0 Å². The van der Waals surface area contributed by atoms with E-state index in [1.807, 2.05) is 18.2 Å². The van der Waals surface area contributed by atoms with E-state index < -0.39 is 0 Å². The van der Waals surface area contributed by atoms with Gasteiger partial charge in [-0.2, -0.15) is 5.26 Å². The summed E-state index contributed by atoms with van der Waals surface area (Å²) in [4.78, 5) is 0. The minimum Gasteiger partial charge on any atom is -0.381 e. The van der Waals surface area contributed by atoms with E-state index in [1.54, 1.807) is 0 Å². The molecule has 0 spiro atoms. The second kappa shape index (κ2) is 4.48. The summed E-state index contributed by atoms with van der Waals surface area (Å²) in [5, 5.41) is 12.6. The molecule has 1 aliphatic heterocycles. The molecule has 1 aliphatic carbocycles. The third-order valence-electron chi connectivity index (χ3n) is 3.91. The highest BCUT2D eigenvalue weighted by Gasteiger charge is 2.57. The fourth-order valence-electron chi connectivity index (χ4n) is 2.87. The van der Waals surface area contributed by atoms with E-state index >= 15 is 0 Å². The molecule has 4 atom stereocenters. The fourth-order valence-corrected chi connectivity index (χ4v) is 2.87. The molecule has 1 saturated heterocycles. The summed E-state index contributed by atoms with van der Waals surface area (Å²) in [5.74, 6) is 1.77. The molecule has 2 fully saturated rings. The van der Waals surface area contributed by atoms with Crippen molar-refractivity contribution >= 4 is 0 Å². The summed E-state index contributed by atoms with van der Waals surface area (Å²) in [7, 11) is 0. The van der Waals surface area contributed by atoms with Gasteiger partial charge in [0.25, 0.3) is 0 Å². The highest BCUT2D eigenvalue weighted by molar-refractivity contribution is 5.17. The van der Waals surface area contributed by atoms with Crippen LogP contribution in [0.5, 0.6) is 0 Å². The quantitative estimate of drug-likeness (QED) is 0.850. The molecule has 3 rings (SSSR count). The Morgan fingerprint density at radius 1 is 1.29 bits per heavy atom. The SMILES string of the molecule is N#C[C@H](NCc1ccccc1)C1[C@H]2COC[C@@H]12. The number of fused-ring (bicyclic) bond motifs is 1. The molecule has 88 valence electrons. The maximum Gasteiger partial charge on any atom is 0.0991 e. The van der Waals surface area contributed by atoms with Crippen LogP contribution in [-0.2, 0) is 11.3 Å². The molecule has 1 N–H and O–H groups in total. The molecule has 3 heteroatoms. The fraction of sp³-hybridized carbons (Fsp3) is 0.500. The summed E-state index contributed by atoms with van der Waals surface area (Å²) < 4.78 is 5.36. The first-order valence-corrected chi connectivity index (χ1v) is 6.15. The van der Waals surface area contributed by atoms with Crippen LogP contribution in [0.4, 0.5) is 0 Å². The van der Waals surface area contributed by atoms with Crippen LogP contribution < -0.4 is 5.32 Å². The number of benzene rings is 1. The third kappa shape index (κ3) is 2.06. The Kier molecular flexibility index (Phi) is 2.84. The number of nitriles is 1. The van der Waals surface area contributed by atoms with Crippen molar-refractivity contribution in [2.75, 3.05) is 13.2 Å². The van der Waals surface area contributed by atoms with Crippen molar-refractivity contribution in [1.29, 1.82) is 5.26 Å². The lowest BCUT2D eigenvalue weighted by Gasteiger charge is -2.13. The van der Waals surface area contributed by atoms with Gasteiger partial charge in [-0.3, -0.25) is 5.32 Å². The first kappa shape index (κ1) is 10.8. The molecule has 0 aromatic heterocycles. The van der Waals surface area contributed by atoms with Crippen molar-refractivity contribution < 1.29 is 4.74 Å². The number of rotatable bonds is 4. The highest BCUT2D eigenvalue weighted by atomic mass is 16.5. The van der Waals surface area contributed by atoms with Gasteiger partial charge in [0.2, 0.25) is 0 Å². The lowest BCUT2D eigenvalue weighted by atomic mass is 10.1. The van der Waals surface area contributed by atoms with Crippen LogP contribution in [0.3, 0.4) is 0 Å². The van der Waals surface area contributed by atoms with Gasteiger partial charge in [-0.15, -0.1) is 0 Å². The van der Waals surface area contributed by atoms with Gasteiger partial charge in [0, 0.05) is 6.54 Å². The molecule has 17 heavy (non-hydrogen) atoms. The Morgan fingerprint density at radius 3 is 2.65 bits per heavy atom. The third-order valence-corrected chi connectivity index (χ3v) is 3.91. The van der Waals surface area contributed by atoms with Gasteiger partial charge in [0.1, 0.15) is 0 Å². The molecule has 1 aromatic carbocycles. The molecule has 0 amide bonds. The molecule has 0 radical (unpaired) electrons. The summed E-state index contributed by atoms with van der Waals surface area (Å²) in [6, 6.07) is 12.6. The van der Waals surface area contributed by atoms with E-state index in [2.05, 4.69) is 23.5 Å². The lowest BCUT2D eigenvalue weighted by Crippen LogP contribution is -2.31. The number of hydrogen-bond donors (Lipinski definition) is 1. The number of nitrogens with zero attached hydrogens (tertiary/aromatic N) is 1. The maximum absolute atomic E-state index is 9.22. The summed E-state index contributed by atoms with van der Waals surface area (Å²) >= 11 is 0. The minimum absolute atomic E-state index is 0.0193. The average molecular weight is 228 g/mol. The Balaban J connectivity index is 1.56. The van der Waals surface area contributed by atoms with Crippen LogP contribution >= 0.6 is 0 Å². The van der Waals surface area contributed by atoms with Gasteiger partial charge >= 0.3 is 0 Å². The van der Waals surface area contributed by atoms with Crippen LogP contribution in [0, 0.1) is 29.1 Å². The molecule has 2 aliphatic rings. The smallest absolute Gasteiger partial charge is 0.0991 e. The van der Waals surface area contributed by atoms with E-state index in [1.165, 1.54) is 5.56 Å². The lowest BCUT2D eigenvalue weighted by molar-refractivity contribution is 0.147. The van der Waals surface area contributed by atoms with Crippen LogP contribution in [0.2, 0.25) is 0 Å². The zero-order chi connectivity index (χ0) is 11.7. The Hall–Kier alpha value is -1.37. The van der Waals surface area contributed by atoms with Crippen LogP contribution in [0.25, 0.3) is 0 Å². The van der Waals surface area contributed by atoms with E-state index in [0.29, 0.717) is 17.8 Å². The molecular formula is C14H16N2O. The molecule has 1 aromatic rings. The second-order valence-corrected chi connectivity index (χ2v) is 4.92. The Morgan fingerprint density at radius 2 is 2.00 bits per heavy atom. The van der Waals surface area contributed by atoms with Crippen molar-refractivity contribution in [3.05, 3.63) is 35.9 Å². The van der Waals surface area contributed by atoms with Gasteiger partial charge in [-0.25, -0.2) is 0 Å². The maximum atomic E-state index is 9.22. The predicted octanol–water partition coefficient (Wildman–Crippen LogP) is 1.56. The van der Waals surface area contributed by atoms with E-state index in [9.17, 15) is 5.26 Å². The number of ether oxygens (including phenoxy) is 1. The van der Waals surface area contributed by atoms with Gasteiger partial charge in [0.05, 0.1) is 25.3 Å². The second-order valence-electron chi connectivity index (χ2n) is 4.92. The average Bonchev–Trinajstić information content (AvgIpc) is 2.86. The summed E-state index contributed by atoms with van der Waals surface area (Å²) in [6.45, 7) is 2.47. The summed E-state index contributed by atoms with van der Waals surface area (Å²) in [5.41, 5.74) is 1.23. The zero-order valence-corrected chi connectivity index (χ0v) is 9.67. The van der Waals surface area contributed by atoms with Crippen LogP contribution in [0.15, 0.2) is 30.3 Å². The molecular weight excluding hydrogens is 212 g/mol. The zero-order valence-electron chi connectivity index (χ0n) is 9.67. The molecule has 1 heterocycles. The van der Waals surface area contributed by atoms with Crippen molar-refractivity contribution in [2.24, 2.45) is 17.8 Å². The standard InChI is InChI=1S/C14H16N2O/c15-6-13(14-11-8-17-9-12(11)14)16-7-10-4-2-1-3-5-10/h1-5,11-14,16H,7-9H2/t11-,12+,13-,14?/m0/s1. The largest absolute Gasteiger partial charge is 0.381 e. The Bertz CT molecular complexity index is 416. The first-order chi connectivity index (χ1) is 8.40. The first-order valence-electron chi connectivity index (χ1n) is 6.15. The normalized spacial score (nSPS) is 31.6. The molecule has 3 nitrogen and oxygen atoms in total. The van der Waals surface area contributed by atoms with Gasteiger partial charge in [-0.1, -0.05) is 30.3 Å². The number of nitrogens with one attached hydrogen (secondary N) is 1. The minimum atomic E-state index is -0.0193. The molecule has 1 saturated carbocycles. The van der Waals surface area contributed by atoms with Gasteiger partial charge in [-0.05, 0) is 23.3 Å². The van der Waals surface area contributed by atoms with Crippen molar-refractivity contribution in [3.63, 3.8) is 0 Å². The van der Waals surface area contributed by atoms with Crippen molar-refractivity contribution in [2.45, 2.75) is 12.6 Å². The molecule has 0 bridgehead atoms. The van der Waals surface area contributed by atoms with Crippen molar-refractivity contribution in [3.8, 4) is 6.07 Å². The highest BCUT2D eigenvalue weighted by Crippen LogP contribution is 2.52. The molecule has 1 unspecified atom stereocenters. The Labute approximate surface area is 101 Å². The van der Waals surface area contributed by atoms with E-state index in [4.69, 9.17) is 4.74 Å². The van der Waals surface area contributed by atoms with Crippen LogP contribution in [-0.4, -0.2) is 19.3 Å². The predicted molar refractivity (Wildman–Crippen MR) is 64.0 cm³/mol. The van der Waals surface area contributed by atoms with E-state index in [-0.39, 0.29) is 6.04 Å². The number of hydrogen-bond acceptors (Lipinski definition) is 3. The van der Waals surface area contributed by atoms with E-state index in [0.717, 1.165) is 19.8 Å². The van der Waals surface area contributed by atoms with Crippen molar-refractivity contribution in [1.82, 2.24) is 5.32 Å².